The summed E-state index contributed by atoms with van der Waals surface area (Å²) in [6.45, 7) is 28.1. The van der Waals surface area contributed by atoms with Gasteiger partial charge in [-0.2, -0.15) is 0 Å². The summed E-state index contributed by atoms with van der Waals surface area (Å²) >= 11 is 7.95. The molecule has 9 aromatic carbocycles. The van der Waals surface area contributed by atoms with Crippen LogP contribution in [0.15, 0.2) is 142 Å². The molecule has 0 bridgehead atoms. The first-order valence-electron chi connectivity index (χ1n) is 29.3. The van der Waals surface area contributed by atoms with Gasteiger partial charge >= 0.3 is 0 Å². The first-order valence-corrected chi connectivity index (χ1v) is 30.9. The van der Waals surface area contributed by atoms with Gasteiger partial charge in [-0.3, -0.25) is 0 Å². The van der Waals surface area contributed by atoms with Gasteiger partial charge < -0.3 is 9.80 Å². The van der Waals surface area contributed by atoms with Crippen LogP contribution in [-0.2, 0) is 49.4 Å². The van der Waals surface area contributed by atoms with Crippen molar-refractivity contribution in [1.82, 2.24) is 0 Å². The second-order valence-corrected chi connectivity index (χ2v) is 25.3. The van der Waals surface area contributed by atoms with Gasteiger partial charge in [-0.25, -0.2) is 0 Å². The van der Waals surface area contributed by atoms with Crippen LogP contribution < -0.4 is 9.80 Å². The Morgan fingerprint density at radius 2 is 0.692 bits per heavy atom. The summed E-state index contributed by atoms with van der Waals surface area (Å²) < 4.78 is 2.37. The van der Waals surface area contributed by atoms with Crippen LogP contribution in [0.3, 0.4) is 0 Å². The van der Waals surface area contributed by atoms with E-state index in [2.05, 4.69) is 258 Å². The molecule has 9 aromatic rings. The number of anilines is 6. The van der Waals surface area contributed by atoms with Crippen LogP contribution >= 0.6 is 31.9 Å². The van der Waals surface area contributed by atoms with Gasteiger partial charge in [-0.05, 0) is 249 Å². The second-order valence-electron chi connectivity index (χ2n) is 23.6. The second kappa shape index (κ2) is 21.3. The Bertz CT molecular complexity index is 3590. The monoisotopic (exact) mass is 1150 g/mol. The fraction of sp³-hybridized carbons (Fsp3) is 0.324. The van der Waals surface area contributed by atoms with Crippen molar-refractivity contribution in [3.05, 3.63) is 209 Å². The van der Waals surface area contributed by atoms with Gasteiger partial charge in [0.1, 0.15) is 0 Å². The molecule has 0 N–H and O–H groups in total. The van der Waals surface area contributed by atoms with Gasteiger partial charge in [0.15, 0.2) is 0 Å². The van der Waals surface area contributed by atoms with Crippen LogP contribution in [0.1, 0.15) is 162 Å². The Hall–Kier alpha value is -5.94. The maximum Gasteiger partial charge on any atom is 0.0497 e. The number of nitrogens with zero attached hydrogens (tertiary/aromatic N) is 2. The van der Waals surface area contributed by atoms with E-state index in [0.717, 1.165) is 38.5 Å². The number of fused-ring (bicyclic) bond motifs is 9. The van der Waals surface area contributed by atoms with E-state index < -0.39 is 0 Å². The Morgan fingerprint density at radius 3 is 1.05 bits per heavy atom. The molecular weight excluding hydrogens is 1080 g/mol. The number of unbranched alkanes of at least 4 members (excludes halogenated alkanes) is 2. The van der Waals surface area contributed by atoms with Gasteiger partial charge in [-0.15, -0.1) is 0 Å². The number of aryl methyl sites for hydroxylation is 8. The topological polar surface area (TPSA) is 6.48 Å². The minimum absolute atomic E-state index is 0.129. The van der Waals surface area contributed by atoms with E-state index in [4.69, 9.17) is 0 Å². The molecule has 2 aliphatic carbocycles. The summed E-state index contributed by atoms with van der Waals surface area (Å²) in [5, 5.41) is 5.14. The molecular formula is C74H78Br2N2. The van der Waals surface area contributed by atoms with Crippen molar-refractivity contribution in [3.8, 4) is 22.3 Å². The van der Waals surface area contributed by atoms with Crippen LogP contribution in [0.4, 0.5) is 34.1 Å². The molecule has 0 fully saturated rings. The average molecular weight is 1160 g/mol. The van der Waals surface area contributed by atoms with Gasteiger partial charge in [-0.1, -0.05) is 175 Å². The molecule has 0 spiro atoms. The van der Waals surface area contributed by atoms with E-state index in [1.54, 1.807) is 0 Å². The van der Waals surface area contributed by atoms with Crippen molar-refractivity contribution in [1.29, 1.82) is 0 Å². The molecule has 0 aliphatic heterocycles. The molecule has 0 amide bonds. The molecule has 2 aliphatic rings. The van der Waals surface area contributed by atoms with Crippen molar-refractivity contribution in [2.24, 2.45) is 0 Å². The van der Waals surface area contributed by atoms with Crippen LogP contribution in [-0.4, -0.2) is 0 Å². The van der Waals surface area contributed by atoms with Crippen LogP contribution in [0.25, 0.3) is 43.8 Å². The summed E-state index contributed by atoms with van der Waals surface area (Å²) in [6.07, 6.45) is 10.8. The predicted molar refractivity (Wildman–Crippen MR) is 346 cm³/mol. The third-order valence-electron chi connectivity index (χ3n) is 18.3. The van der Waals surface area contributed by atoms with E-state index in [-0.39, 0.29) is 10.8 Å². The Labute approximate surface area is 483 Å². The Morgan fingerprint density at radius 1 is 0.359 bits per heavy atom. The summed E-state index contributed by atoms with van der Waals surface area (Å²) in [4.78, 5) is 5.12. The minimum atomic E-state index is -0.129. The van der Waals surface area contributed by atoms with Gasteiger partial charge in [0, 0.05) is 53.9 Å². The van der Waals surface area contributed by atoms with E-state index in [1.165, 1.54) is 179 Å². The molecule has 4 heteroatoms. The van der Waals surface area contributed by atoms with Gasteiger partial charge in [0.05, 0.1) is 0 Å². The molecule has 0 saturated carbocycles. The Kier molecular flexibility index (Phi) is 14.7. The molecule has 11 rings (SSSR count). The fourth-order valence-electron chi connectivity index (χ4n) is 13.4. The maximum atomic E-state index is 3.97. The fourth-order valence-corrected chi connectivity index (χ4v) is 14.7. The first kappa shape index (κ1) is 54.0. The van der Waals surface area contributed by atoms with Crippen LogP contribution in [0.2, 0.25) is 0 Å². The van der Waals surface area contributed by atoms with E-state index >= 15 is 0 Å². The summed E-state index contributed by atoms with van der Waals surface area (Å²) in [5.41, 5.74) is 28.9. The van der Waals surface area contributed by atoms with Gasteiger partial charge in [0.25, 0.3) is 0 Å². The zero-order valence-corrected chi connectivity index (χ0v) is 51.6. The molecule has 0 saturated heterocycles. The zero-order valence-electron chi connectivity index (χ0n) is 48.4. The summed E-state index contributed by atoms with van der Waals surface area (Å²) in [7, 11) is 0. The van der Waals surface area contributed by atoms with Crippen LogP contribution in [0, 0.1) is 13.8 Å². The third-order valence-corrected chi connectivity index (χ3v) is 19.8. The molecule has 0 aromatic heterocycles. The normalized spacial score (nSPS) is 13.7. The average Bonchev–Trinajstić information content (AvgIpc) is 3.95. The molecule has 2 nitrogen and oxygen atoms in total. The van der Waals surface area contributed by atoms with Gasteiger partial charge in [0.2, 0.25) is 0 Å². The lowest BCUT2D eigenvalue weighted by molar-refractivity contribution is 0.658. The Balaban J connectivity index is 1.06. The van der Waals surface area contributed by atoms with Crippen molar-refractivity contribution in [2.45, 2.75) is 158 Å². The molecule has 0 atom stereocenters. The minimum Gasteiger partial charge on any atom is -0.310 e. The van der Waals surface area contributed by atoms with E-state index in [1.807, 2.05) is 0 Å². The number of hydrogen-bond donors (Lipinski definition) is 0. The molecule has 398 valence electrons. The lowest BCUT2D eigenvalue weighted by atomic mass is 9.81. The number of rotatable bonds is 16. The zero-order chi connectivity index (χ0) is 54.9. The molecule has 0 radical (unpaired) electrons. The van der Waals surface area contributed by atoms with E-state index in [9.17, 15) is 0 Å². The van der Waals surface area contributed by atoms with Crippen molar-refractivity contribution < 1.29 is 0 Å². The molecule has 0 unspecified atom stereocenters. The highest BCUT2D eigenvalue weighted by molar-refractivity contribution is 9.10. The molecule has 78 heavy (non-hydrogen) atoms. The summed E-state index contributed by atoms with van der Waals surface area (Å²) in [6, 6.07) is 53.3. The quantitative estimate of drug-likeness (QED) is 0.0890. The summed E-state index contributed by atoms with van der Waals surface area (Å²) in [5.74, 6) is 0. The molecule has 0 heterocycles. The van der Waals surface area contributed by atoms with Crippen molar-refractivity contribution in [3.63, 3.8) is 0 Å². The highest BCUT2D eigenvalue weighted by Crippen LogP contribution is 2.54. The third kappa shape index (κ3) is 9.06. The lowest BCUT2D eigenvalue weighted by Crippen LogP contribution is -2.17. The maximum absolute atomic E-state index is 3.97. The smallest absolute Gasteiger partial charge is 0.0497 e. The standard InChI is InChI=1S/C74H78Br2N2/c1-13-19-21-47-23-29-59-61-33-27-55(43-67(61)73(9,10)65(59)35-47)77(71-39-49(15-3)69(75)37-51(71)17-5)53-25-31-57-58-32-26-54(42-64(58)46(8)45(7)63(57)41-53)78(72-40-50(16-4)70(76)38-52(72)18-6)56-28-34-62-60-30-24-48(22-20-14-2)36-66(60)74(11,12)68(62)44-56/h23-44H,13-22H2,1-12H3. The number of halogens is 2. The largest absolute Gasteiger partial charge is 0.310 e. The predicted octanol–water partition coefficient (Wildman–Crippen LogP) is 22.6. The SMILES string of the molecule is CCCCc1ccc2c(c1)C(C)(C)c1cc(N(c3ccc4c(c3)c(C)c(C)c3cc(N(c5ccc6c(c5)C(C)(C)c5cc(CCCC)ccc5-6)c5cc(CC)c(Br)cc5CC)ccc34)c3cc(CC)c(Br)cc3CC)ccc1-2. The van der Waals surface area contributed by atoms with Crippen molar-refractivity contribution in [2.75, 3.05) is 9.80 Å². The highest BCUT2D eigenvalue weighted by atomic mass is 79.9. The first-order chi connectivity index (χ1) is 37.6. The number of hydrogen-bond acceptors (Lipinski definition) is 2. The van der Waals surface area contributed by atoms with Crippen LogP contribution in [0.5, 0.6) is 0 Å². The van der Waals surface area contributed by atoms with E-state index in [0.29, 0.717) is 0 Å². The lowest BCUT2D eigenvalue weighted by Gasteiger charge is -2.31. The number of benzene rings is 9. The van der Waals surface area contributed by atoms with Crippen molar-refractivity contribution >= 4 is 87.5 Å². The highest BCUT2D eigenvalue weighted by Gasteiger charge is 2.38.